The number of hydrogen-bond donors (Lipinski definition) is 1. The van der Waals surface area contributed by atoms with Gasteiger partial charge in [-0.05, 0) is 29.8 Å². The second-order valence-electron chi connectivity index (χ2n) is 2.77. The summed E-state index contributed by atoms with van der Waals surface area (Å²) in [5, 5.41) is 12.0. The molecule has 0 saturated heterocycles. The molecule has 0 spiro atoms. The topological polar surface area (TPSA) is 41.8 Å². The number of nitrogens with zero attached hydrogens (tertiary/aromatic N) is 1. The zero-order chi connectivity index (χ0) is 10.4. The lowest BCUT2D eigenvalue weighted by Gasteiger charge is -2.03. The Morgan fingerprint density at radius 2 is 2.14 bits per heavy atom. The summed E-state index contributed by atoms with van der Waals surface area (Å²) in [7, 11) is 1.61. The lowest BCUT2D eigenvalue weighted by atomic mass is 10.1. The van der Waals surface area contributed by atoms with Crippen LogP contribution in [-0.4, -0.2) is 18.0 Å². The first-order chi connectivity index (χ1) is 6.81. The van der Waals surface area contributed by atoms with Crippen LogP contribution in [0.4, 0.5) is 0 Å². The molecule has 0 fully saturated rings. The summed E-state index contributed by atoms with van der Waals surface area (Å²) < 4.78 is 5.02. The molecule has 14 heavy (non-hydrogen) atoms. The molecular weight excluding hydrogens is 178 g/mol. The molecule has 0 aliphatic rings. The summed E-state index contributed by atoms with van der Waals surface area (Å²) in [6.07, 6.45) is 2.24. The van der Waals surface area contributed by atoms with Gasteiger partial charge in [-0.1, -0.05) is 11.2 Å². The molecule has 0 aliphatic carbocycles. The molecule has 0 unspecified atom stereocenters. The molecule has 1 rings (SSSR count). The van der Waals surface area contributed by atoms with Crippen molar-refractivity contribution in [3.05, 3.63) is 42.5 Å². The summed E-state index contributed by atoms with van der Waals surface area (Å²) >= 11 is 0. The Morgan fingerprint density at radius 1 is 1.50 bits per heavy atom. The third kappa shape index (κ3) is 2.36. The van der Waals surface area contributed by atoms with Crippen molar-refractivity contribution in [2.45, 2.75) is 6.42 Å². The normalized spacial score (nSPS) is 11.1. The quantitative estimate of drug-likeness (QED) is 0.344. The number of benzene rings is 1. The van der Waals surface area contributed by atoms with Gasteiger partial charge in [0.05, 0.1) is 12.8 Å². The molecule has 0 aliphatic heterocycles. The summed E-state index contributed by atoms with van der Waals surface area (Å²) in [5.41, 5.74) is 1.47. The van der Waals surface area contributed by atoms with Crippen molar-refractivity contribution in [1.82, 2.24) is 0 Å². The summed E-state index contributed by atoms with van der Waals surface area (Å²) in [4.78, 5) is 0. The van der Waals surface area contributed by atoms with Crippen LogP contribution in [0.5, 0.6) is 5.75 Å². The van der Waals surface area contributed by atoms with E-state index < -0.39 is 0 Å². The van der Waals surface area contributed by atoms with Gasteiger partial charge in [-0.15, -0.1) is 6.58 Å². The highest BCUT2D eigenvalue weighted by Crippen LogP contribution is 2.13. The van der Waals surface area contributed by atoms with Gasteiger partial charge in [-0.2, -0.15) is 0 Å². The van der Waals surface area contributed by atoms with Crippen LogP contribution in [0.25, 0.3) is 0 Å². The minimum atomic E-state index is 0.544. The van der Waals surface area contributed by atoms with Crippen LogP contribution in [0, 0.1) is 0 Å². The van der Waals surface area contributed by atoms with Gasteiger partial charge in [-0.25, -0.2) is 0 Å². The maximum Gasteiger partial charge on any atom is 0.118 e. The van der Waals surface area contributed by atoms with Crippen molar-refractivity contribution in [3.8, 4) is 5.75 Å². The number of methoxy groups -OCH3 is 1. The maximum atomic E-state index is 8.75. The summed E-state index contributed by atoms with van der Waals surface area (Å²) in [5.74, 6) is 0.782. The fourth-order valence-electron chi connectivity index (χ4n) is 1.14. The number of hydrogen-bond acceptors (Lipinski definition) is 3. The van der Waals surface area contributed by atoms with E-state index in [2.05, 4.69) is 11.7 Å². The second-order valence-corrected chi connectivity index (χ2v) is 2.77. The molecule has 0 amide bonds. The van der Waals surface area contributed by atoms with Crippen molar-refractivity contribution in [3.63, 3.8) is 0 Å². The molecule has 0 heterocycles. The summed E-state index contributed by atoms with van der Waals surface area (Å²) in [6, 6.07) is 7.34. The van der Waals surface area contributed by atoms with Crippen molar-refractivity contribution in [1.29, 1.82) is 0 Å². The molecule has 0 radical (unpaired) electrons. The average molecular weight is 191 g/mol. The number of allylic oxidation sites excluding steroid dienone is 1. The monoisotopic (exact) mass is 191 g/mol. The molecule has 3 nitrogen and oxygen atoms in total. The first-order valence-corrected chi connectivity index (χ1v) is 4.28. The third-order valence-corrected chi connectivity index (χ3v) is 1.88. The standard InChI is InChI=1S/C11H13NO2/c1-3-4-11(12-13)9-5-7-10(14-2)8-6-9/h3,5-8,13H,1,4H2,2H3/b12-11-. The number of rotatable bonds is 4. The Hall–Kier alpha value is -1.77. The number of ether oxygens (including phenoxy) is 1. The van der Waals surface area contributed by atoms with E-state index in [0.29, 0.717) is 12.1 Å². The minimum absolute atomic E-state index is 0.544. The molecular formula is C11H13NO2. The zero-order valence-electron chi connectivity index (χ0n) is 8.10. The first kappa shape index (κ1) is 10.3. The lowest BCUT2D eigenvalue weighted by Crippen LogP contribution is -1.99. The highest BCUT2D eigenvalue weighted by molar-refractivity contribution is 6.01. The van der Waals surface area contributed by atoms with Gasteiger partial charge in [0.2, 0.25) is 0 Å². The fraction of sp³-hybridized carbons (Fsp3) is 0.182. The van der Waals surface area contributed by atoms with E-state index in [1.54, 1.807) is 13.2 Å². The van der Waals surface area contributed by atoms with Crippen LogP contribution in [-0.2, 0) is 0 Å². The van der Waals surface area contributed by atoms with E-state index in [1.165, 1.54) is 0 Å². The van der Waals surface area contributed by atoms with E-state index in [9.17, 15) is 0 Å². The van der Waals surface area contributed by atoms with E-state index in [4.69, 9.17) is 9.94 Å². The molecule has 0 saturated carbocycles. The molecule has 0 aromatic heterocycles. The lowest BCUT2D eigenvalue weighted by molar-refractivity contribution is 0.318. The van der Waals surface area contributed by atoms with E-state index in [1.807, 2.05) is 24.3 Å². The van der Waals surface area contributed by atoms with E-state index >= 15 is 0 Å². The average Bonchev–Trinajstić information content (AvgIpc) is 2.26. The maximum absolute atomic E-state index is 8.75. The molecule has 74 valence electrons. The van der Waals surface area contributed by atoms with Crippen LogP contribution in [0.3, 0.4) is 0 Å². The highest BCUT2D eigenvalue weighted by Gasteiger charge is 2.01. The van der Waals surface area contributed by atoms with Crippen molar-refractivity contribution in [2.24, 2.45) is 5.16 Å². The van der Waals surface area contributed by atoms with Crippen molar-refractivity contribution in [2.75, 3.05) is 7.11 Å². The van der Waals surface area contributed by atoms with Gasteiger partial charge >= 0.3 is 0 Å². The first-order valence-electron chi connectivity index (χ1n) is 4.28. The second kappa shape index (κ2) is 5.07. The van der Waals surface area contributed by atoms with Crippen molar-refractivity contribution < 1.29 is 9.94 Å². The van der Waals surface area contributed by atoms with E-state index in [0.717, 1.165) is 11.3 Å². The Balaban J connectivity index is 2.89. The smallest absolute Gasteiger partial charge is 0.118 e. The van der Waals surface area contributed by atoms with Gasteiger partial charge in [0.25, 0.3) is 0 Å². The number of oxime groups is 1. The van der Waals surface area contributed by atoms with Crippen LogP contribution in [0.1, 0.15) is 12.0 Å². The Bertz CT molecular complexity index is 328. The van der Waals surface area contributed by atoms with Gasteiger partial charge in [0.1, 0.15) is 5.75 Å². The molecule has 3 heteroatoms. The predicted octanol–water partition coefficient (Wildman–Crippen LogP) is 2.45. The fourth-order valence-corrected chi connectivity index (χ4v) is 1.14. The Labute approximate surface area is 83.3 Å². The largest absolute Gasteiger partial charge is 0.497 e. The Morgan fingerprint density at radius 3 is 2.57 bits per heavy atom. The van der Waals surface area contributed by atoms with Crippen LogP contribution in [0.15, 0.2) is 42.1 Å². The van der Waals surface area contributed by atoms with Gasteiger partial charge in [0, 0.05) is 6.42 Å². The van der Waals surface area contributed by atoms with Crippen LogP contribution in [0.2, 0.25) is 0 Å². The molecule has 0 atom stereocenters. The van der Waals surface area contributed by atoms with Gasteiger partial charge in [-0.3, -0.25) is 0 Å². The Kier molecular flexibility index (Phi) is 3.73. The van der Waals surface area contributed by atoms with Crippen LogP contribution >= 0.6 is 0 Å². The third-order valence-electron chi connectivity index (χ3n) is 1.88. The molecule has 0 bridgehead atoms. The minimum Gasteiger partial charge on any atom is -0.497 e. The van der Waals surface area contributed by atoms with Crippen LogP contribution < -0.4 is 4.74 Å². The highest BCUT2D eigenvalue weighted by atomic mass is 16.5. The van der Waals surface area contributed by atoms with Crippen molar-refractivity contribution >= 4 is 5.71 Å². The van der Waals surface area contributed by atoms with Gasteiger partial charge in [0.15, 0.2) is 0 Å². The predicted molar refractivity (Wildman–Crippen MR) is 56.1 cm³/mol. The molecule has 1 N–H and O–H groups in total. The zero-order valence-corrected chi connectivity index (χ0v) is 8.10. The molecule has 1 aromatic carbocycles. The SMILES string of the molecule is C=CC/C(=N/O)c1ccc(OC)cc1. The van der Waals surface area contributed by atoms with E-state index in [-0.39, 0.29) is 0 Å². The molecule has 1 aromatic rings. The van der Waals surface area contributed by atoms with Gasteiger partial charge < -0.3 is 9.94 Å². The summed E-state index contributed by atoms with van der Waals surface area (Å²) in [6.45, 7) is 3.59.